The van der Waals surface area contributed by atoms with Crippen molar-refractivity contribution in [3.05, 3.63) is 66.2 Å². The Kier molecular flexibility index (Phi) is 5.01. The molecule has 154 valence electrons. The van der Waals surface area contributed by atoms with Crippen LogP contribution in [0.1, 0.15) is 12.1 Å². The highest BCUT2D eigenvalue weighted by Gasteiger charge is 2.23. The molecule has 0 amide bonds. The van der Waals surface area contributed by atoms with E-state index < -0.39 is 0 Å². The Morgan fingerprint density at radius 3 is 3.03 bits per heavy atom. The number of nitrogens with zero attached hydrogens (tertiary/aromatic N) is 2. The van der Waals surface area contributed by atoms with Crippen molar-refractivity contribution >= 4 is 21.8 Å². The van der Waals surface area contributed by atoms with E-state index in [1.807, 2.05) is 49.5 Å². The zero-order valence-corrected chi connectivity index (χ0v) is 16.9. The fourth-order valence-electron chi connectivity index (χ4n) is 3.97. The molecule has 0 fully saturated rings. The van der Waals surface area contributed by atoms with E-state index in [-0.39, 0.29) is 11.9 Å². The third kappa shape index (κ3) is 3.71. The predicted molar refractivity (Wildman–Crippen MR) is 116 cm³/mol. The summed E-state index contributed by atoms with van der Waals surface area (Å²) in [5.41, 5.74) is 2.84. The lowest BCUT2D eigenvalue weighted by Crippen LogP contribution is -2.39. The van der Waals surface area contributed by atoms with Crippen LogP contribution in [0.3, 0.4) is 0 Å². The highest BCUT2D eigenvalue weighted by Crippen LogP contribution is 2.38. The Morgan fingerprint density at radius 2 is 2.10 bits per heavy atom. The van der Waals surface area contributed by atoms with Gasteiger partial charge in [0.25, 0.3) is 0 Å². The number of benzene rings is 2. The van der Waals surface area contributed by atoms with Crippen molar-refractivity contribution in [2.75, 3.05) is 19.7 Å². The molecule has 5 nitrogen and oxygen atoms in total. The second kappa shape index (κ2) is 7.95. The van der Waals surface area contributed by atoms with Gasteiger partial charge in [0.1, 0.15) is 18.5 Å². The Bertz CT molecular complexity index is 1200. The monoisotopic (exact) mass is 405 g/mol. The number of hydrogen-bond acceptors (Lipinski definition) is 4. The number of hydrogen-bond donors (Lipinski definition) is 1. The van der Waals surface area contributed by atoms with E-state index >= 15 is 0 Å². The summed E-state index contributed by atoms with van der Waals surface area (Å²) in [5.74, 6) is 1.35. The molecule has 1 aliphatic heterocycles. The van der Waals surface area contributed by atoms with E-state index in [9.17, 15) is 4.39 Å². The van der Waals surface area contributed by atoms with Crippen LogP contribution < -0.4 is 14.8 Å². The smallest absolute Gasteiger partial charge is 0.171 e. The van der Waals surface area contributed by atoms with Crippen LogP contribution >= 0.6 is 0 Å². The maximum Gasteiger partial charge on any atom is 0.171 e. The average molecular weight is 405 g/mol. The van der Waals surface area contributed by atoms with Gasteiger partial charge in [-0.25, -0.2) is 4.39 Å². The number of aryl methyl sites for hydroxylation is 2. The van der Waals surface area contributed by atoms with Gasteiger partial charge in [0.15, 0.2) is 11.5 Å². The Labute approximate surface area is 174 Å². The zero-order chi connectivity index (χ0) is 20.5. The summed E-state index contributed by atoms with van der Waals surface area (Å²) >= 11 is 0. The molecular weight excluding hydrogens is 381 g/mol. The van der Waals surface area contributed by atoms with Crippen molar-refractivity contribution in [3.63, 3.8) is 0 Å². The van der Waals surface area contributed by atoms with Crippen molar-refractivity contribution in [3.8, 4) is 11.5 Å². The van der Waals surface area contributed by atoms with Gasteiger partial charge >= 0.3 is 0 Å². The number of pyridine rings is 1. The van der Waals surface area contributed by atoms with Crippen molar-refractivity contribution in [1.29, 1.82) is 0 Å². The van der Waals surface area contributed by atoms with Gasteiger partial charge in [-0.15, -0.1) is 0 Å². The van der Waals surface area contributed by atoms with Crippen molar-refractivity contribution in [2.45, 2.75) is 26.0 Å². The molecule has 0 saturated carbocycles. The number of aromatic nitrogens is 2. The number of ether oxygens (including phenoxy) is 2. The van der Waals surface area contributed by atoms with Gasteiger partial charge in [0, 0.05) is 30.4 Å². The topological polar surface area (TPSA) is 48.3 Å². The molecule has 0 saturated heterocycles. The lowest BCUT2D eigenvalue weighted by atomic mass is 10.1. The van der Waals surface area contributed by atoms with Crippen LogP contribution in [-0.2, 0) is 6.54 Å². The molecule has 3 heterocycles. The first-order valence-corrected chi connectivity index (χ1v) is 10.3. The molecular formula is C24H24FN3O2. The fraction of sp³-hybridized carbons (Fsp3) is 0.292. The predicted octanol–water partition coefficient (Wildman–Crippen LogP) is 4.46. The number of halogens is 1. The van der Waals surface area contributed by atoms with Crippen LogP contribution in [0.5, 0.6) is 11.5 Å². The number of fused-ring (bicyclic) bond motifs is 4. The first kappa shape index (κ1) is 18.9. The first-order chi connectivity index (χ1) is 14.7. The summed E-state index contributed by atoms with van der Waals surface area (Å²) in [6.07, 6.45) is 2.90. The van der Waals surface area contributed by atoms with E-state index in [2.05, 4.69) is 14.9 Å². The number of nitrogens with one attached hydrogen (secondary N) is 1. The van der Waals surface area contributed by atoms with Gasteiger partial charge < -0.3 is 19.4 Å². The zero-order valence-electron chi connectivity index (χ0n) is 16.9. The van der Waals surface area contributed by atoms with Gasteiger partial charge in [-0.3, -0.25) is 4.98 Å². The highest BCUT2D eigenvalue weighted by atomic mass is 19.1. The van der Waals surface area contributed by atoms with Crippen LogP contribution in [0.15, 0.2) is 54.7 Å². The molecule has 5 rings (SSSR count). The SMILES string of the molecule is Cc1ccc2c3c(ccc2n1)OCC(CNCCCn1ccc2ccc(F)cc21)O3. The van der Waals surface area contributed by atoms with Crippen LogP contribution in [0.4, 0.5) is 4.39 Å². The second-order valence-electron chi connectivity index (χ2n) is 7.73. The van der Waals surface area contributed by atoms with Crippen LogP contribution in [0.2, 0.25) is 0 Å². The van der Waals surface area contributed by atoms with E-state index in [1.54, 1.807) is 6.07 Å². The summed E-state index contributed by atoms with van der Waals surface area (Å²) in [6.45, 7) is 4.89. The van der Waals surface area contributed by atoms with Gasteiger partial charge in [0.05, 0.1) is 11.0 Å². The third-order valence-electron chi connectivity index (χ3n) is 5.49. The van der Waals surface area contributed by atoms with Crippen molar-refractivity contribution in [2.24, 2.45) is 0 Å². The summed E-state index contributed by atoms with van der Waals surface area (Å²) in [5, 5.41) is 5.50. The summed E-state index contributed by atoms with van der Waals surface area (Å²) in [7, 11) is 0. The lowest BCUT2D eigenvalue weighted by molar-refractivity contribution is 0.0925. The van der Waals surface area contributed by atoms with Crippen molar-refractivity contribution < 1.29 is 13.9 Å². The van der Waals surface area contributed by atoms with Crippen LogP contribution in [0, 0.1) is 12.7 Å². The third-order valence-corrected chi connectivity index (χ3v) is 5.49. The van der Waals surface area contributed by atoms with Gasteiger partial charge in [-0.05, 0) is 73.8 Å². The molecule has 1 N–H and O–H groups in total. The average Bonchev–Trinajstić information content (AvgIpc) is 3.15. The summed E-state index contributed by atoms with van der Waals surface area (Å²) < 4.78 is 27.8. The maximum atomic E-state index is 13.5. The van der Waals surface area contributed by atoms with Gasteiger partial charge in [-0.2, -0.15) is 0 Å². The molecule has 0 bridgehead atoms. The highest BCUT2D eigenvalue weighted by molar-refractivity contribution is 5.88. The van der Waals surface area contributed by atoms with E-state index in [0.29, 0.717) is 13.2 Å². The summed E-state index contributed by atoms with van der Waals surface area (Å²) in [4.78, 5) is 4.57. The minimum absolute atomic E-state index is 0.0501. The van der Waals surface area contributed by atoms with E-state index in [1.165, 1.54) is 6.07 Å². The minimum Gasteiger partial charge on any atom is -0.486 e. The summed E-state index contributed by atoms with van der Waals surface area (Å²) in [6, 6.07) is 14.9. The van der Waals surface area contributed by atoms with Crippen LogP contribution in [0.25, 0.3) is 21.8 Å². The molecule has 4 aromatic rings. The molecule has 2 aromatic heterocycles. The molecule has 0 radical (unpaired) electrons. The Hall–Kier alpha value is -3.12. The van der Waals surface area contributed by atoms with E-state index in [4.69, 9.17) is 9.47 Å². The standard InChI is InChI=1S/C24H24FN3O2/c1-16-3-6-20-21(27-16)7-8-23-24(20)30-19(15-29-23)14-26-10-2-11-28-12-9-17-4-5-18(25)13-22(17)28/h3-9,12-13,19,26H,2,10-11,14-15H2,1H3. The second-order valence-corrected chi connectivity index (χ2v) is 7.73. The first-order valence-electron chi connectivity index (χ1n) is 10.3. The normalized spacial score (nSPS) is 15.7. The molecule has 0 aliphatic carbocycles. The fourth-order valence-corrected chi connectivity index (χ4v) is 3.97. The largest absolute Gasteiger partial charge is 0.486 e. The molecule has 1 atom stereocenters. The van der Waals surface area contributed by atoms with Gasteiger partial charge in [-0.1, -0.05) is 0 Å². The molecule has 0 spiro atoms. The molecule has 30 heavy (non-hydrogen) atoms. The molecule has 1 unspecified atom stereocenters. The molecule has 6 heteroatoms. The van der Waals surface area contributed by atoms with Gasteiger partial charge in [0.2, 0.25) is 0 Å². The molecule has 1 aliphatic rings. The van der Waals surface area contributed by atoms with Crippen LogP contribution in [-0.4, -0.2) is 35.4 Å². The Balaban J connectivity index is 1.16. The lowest BCUT2D eigenvalue weighted by Gasteiger charge is -2.27. The molecule has 2 aromatic carbocycles. The van der Waals surface area contributed by atoms with E-state index in [0.717, 1.165) is 58.5 Å². The number of rotatable bonds is 6. The Morgan fingerprint density at radius 1 is 1.17 bits per heavy atom. The minimum atomic E-state index is -0.201. The maximum absolute atomic E-state index is 13.5. The quantitative estimate of drug-likeness (QED) is 0.481. The van der Waals surface area contributed by atoms with Crippen molar-refractivity contribution in [1.82, 2.24) is 14.9 Å².